The Hall–Kier alpha value is -3.07. The summed E-state index contributed by atoms with van der Waals surface area (Å²) in [6, 6.07) is 0. The zero-order valence-electron chi connectivity index (χ0n) is 32.7. The van der Waals surface area contributed by atoms with Crippen LogP contribution < -0.4 is 5.73 Å². The molecular formula is C43H70NO8P. The van der Waals surface area contributed by atoms with Crippen LogP contribution in [-0.4, -0.2) is 49.3 Å². The molecule has 0 bridgehead atoms. The van der Waals surface area contributed by atoms with Crippen molar-refractivity contribution in [3.8, 4) is 0 Å². The Balaban J connectivity index is 4.40. The smallest absolute Gasteiger partial charge is 0.462 e. The molecule has 0 saturated carbocycles. The highest BCUT2D eigenvalue weighted by atomic mass is 31.2. The van der Waals surface area contributed by atoms with Gasteiger partial charge in [-0.3, -0.25) is 18.6 Å². The van der Waals surface area contributed by atoms with Crippen LogP contribution in [0.4, 0.5) is 0 Å². The fourth-order valence-electron chi connectivity index (χ4n) is 4.56. The van der Waals surface area contributed by atoms with Gasteiger partial charge in [-0.2, -0.15) is 0 Å². The second-order valence-electron chi connectivity index (χ2n) is 12.4. The molecule has 0 saturated heterocycles. The maximum atomic E-state index is 12.5. The predicted molar refractivity (Wildman–Crippen MR) is 219 cm³/mol. The average Bonchev–Trinajstić information content (AvgIpc) is 3.14. The topological polar surface area (TPSA) is 134 Å². The van der Waals surface area contributed by atoms with Crippen LogP contribution in [0.5, 0.6) is 0 Å². The highest BCUT2D eigenvalue weighted by Gasteiger charge is 2.25. The van der Waals surface area contributed by atoms with Crippen LogP contribution in [0.15, 0.2) is 97.2 Å². The van der Waals surface area contributed by atoms with Crippen molar-refractivity contribution in [2.24, 2.45) is 5.73 Å². The largest absolute Gasteiger partial charge is 0.472 e. The van der Waals surface area contributed by atoms with Crippen LogP contribution in [0.25, 0.3) is 0 Å². The minimum Gasteiger partial charge on any atom is -0.462 e. The van der Waals surface area contributed by atoms with Gasteiger partial charge in [0, 0.05) is 19.4 Å². The standard InChI is InChI=1S/C43H70NO8P/c1-3-5-7-9-11-13-15-17-19-20-22-23-25-27-29-31-33-35-42(45)49-39-41(40-51-53(47,48)50-38-37-44)52-43(46)36-34-32-30-28-26-24-21-18-16-14-12-10-8-6-4-2/h6,8,11-14,17-19,21-23,26-29,41H,3-5,7,9-10,15-16,20,24-25,30-40,44H2,1-2H3,(H,47,48)/b8-6+,13-11+,14-12+,19-17+,21-18+,23-22+,28-26+,29-27+/t41-/m1/s1. The molecule has 1 unspecified atom stereocenters. The Morgan fingerprint density at radius 2 is 1.04 bits per heavy atom. The van der Waals surface area contributed by atoms with Crippen LogP contribution in [0, 0.1) is 0 Å². The summed E-state index contributed by atoms with van der Waals surface area (Å²) >= 11 is 0. The molecule has 300 valence electrons. The number of hydrogen-bond acceptors (Lipinski definition) is 8. The number of carbonyl (C=O) groups excluding carboxylic acids is 2. The van der Waals surface area contributed by atoms with Crippen molar-refractivity contribution in [3.05, 3.63) is 97.2 Å². The van der Waals surface area contributed by atoms with Gasteiger partial charge in [0.2, 0.25) is 0 Å². The molecule has 0 spiro atoms. The average molecular weight is 760 g/mol. The number of allylic oxidation sites excluding steroid dienone is 16. The molecule has 0 aliphatic carbocycles. The first-order chi connectivity index (χ1) is 25.8. The molecular weight excluding hydrogens is 689 g/mol. The van der Waals surface area contributed by atoms with Gasteiger partial charge in [0.15, 0.2) is 6.10 Å². The van der Waals surface area contributed by atoms with Gasteiger partial charge in [-0.15, -0.1) is 0 Å². The third kappa shape index (κ3) is 38.5. The number of unbranched alkanes of at least 4 members (excludes halogenated alkanes) is 6. The lowest BCUT2D eigenvalue weighted by Crippen LogP contribution is -2.29. The van der Waals surface area contributed by atoms with Crippen molar-refractivity contribution in [2.45, 2.75) is 136 Å². The van der Waals surface area contributed by atoms with Crippen LogP contribution >= 0.6 is 7.82 Å². The van der Waals surface area contributed by atoms with Gasteiger partial charge in [0.25, 0.3) is 0 Å². The first kappa shape index (κ1) is 49.9. The number of nitrogens with two attached hydrogens (primary N) is 1. The Kier molecular flexibility index (Phi) is 36.4. The van der Waals surface area contributed by atoms with Crippen molar-refractivity contribution in [1.29, 1.82) is 0 Å². The summed E-state index contributed by atoms with van der Waals surface area (Å²) in [7, 11) is -4.40. The highest BCUT2D eigenvalue weighted by Crippen LogP contribution is 2.43. The number of ether oxygens (including phenoxy) is 2. The highest BCUT2D eigenvalue weighted by molar-refractivity contribution is 7.47. The van der Waals surface area contributed by atoms with Crippen LogP contribution in [-0.2, 0) is 32.7 Å². The van der Waals surface area contributed by atoms with E-state index in [2.05, 4.69) is 105 Å². The van der Waals surface area contributed by atoms with Crippen molar-refractivity contribution in [2.75, 3.05) is 26.4 Å². The van der Waals surface area contributed by atoms with E-state index >= 15 is 0 Å². The number of phosphoric acid groups is 1. The van der Waals surface area contributed by atoms with Crippen LogP contribution in [0.1, 0.15) is 129 Å². The zero-order chi connectivity index (χ0) is 38.9. The van der Waals surface area contributed by atoms with Gasteiger partial charge >= 0.3 is 19.8 Å². The Bertz CT molecular complexity index is 1180. The second-order valence-corrected chi connectivity index (χ2v) is 13.9. The number of carbonyl (C=O) groups is 2. The summed E-state index contributed by atoms with van der Waals surface area (Å²) in [5.41, 5.74) is 5.33. The SMILES string of the molecule is CC/C=C/C/C=C/C/C=C/C/C=C/CCCCC(=O)O[C@H](COC(=O)CCC/C=C/C/C=C/C/C=C/C/C=C/CCCCC)COP(=O)(O)OCCN. The first-order valence-corrected chi connectivity index (χ1v) is 21.2. The number of hydrogen-bond donors (Lipinski definition) is 2. The van der Waals surface area contributed by atoms with Gasteiger partial charge in [-0.1, -0.05) is 124 Å². The van der Waals surface area contributed by atoms with Crippen molar-refractivity contribution in [1.82, 2.24) is 0 Å². The lowest BCUT2D eigenvalue weighted by atomic mass is 10.2. The lowest BCUT2D eigenvalue weighted by Gasteiger charge is -2.19. The molecule has 0 radical (unpaired) electrons. The predicted octanol–water partition coefficient (Wildman–Crippen LogP) is 11.0. The lowest BCUT2D eigenvalue weighted by molar-refractivity contribution is -0.161. The molecule has 0 aliphatic heterocycles. The summed E-state index contributed by atoms with van der Waals surface area (Å²) in [6.45, 7) is 3.44. The number of phosphoric ester groups is 1. The van der Waals surface area contributed by atoms with Crippen LogP contribution in [0.3, 0.4) is 0 Å². The molecule has 0 aromatic heterocycles. The molecule has 0 amide bonds. The van der Waals surface area contributed by atoms with E-state index in [0.717, 1.165) is 64.2 Å². The van der Waals surface area contributed by atoms with E-state index in [9.17, 15) is 19.0 Å². The summed E-state index contributed by atoms with van der Waals surface area (Å²) in [4.78, 5) is 34.7. The maximum absolute atomic E-state index is 12.5. The maximum Gasteiger partial charge on any atom is 0.472 e. The van der Waals surface area contributed by atoms with Crippen molar-refractivity contribution in [3.63, 3.8) is 0 Å². The second kappa shape index (κ2) is 38.6. The van der Waals surface area contributed by atoms with Crippen molar-refractivity contribution >= 4 is 19.8 Å². The molecule has 10 heteroatoms. The molecule has 3 N–H and O–H groups in total. The summed E-state index contributed by atoms with van der Waals surface area (Å²) in [5, 5.41) is 0. The molecule has 0 rings (SSSR count). The van der Waals surface area contributed by atoms with Gasteiger partial charge in [0.05, 0.1) is 13.2 Å². The molecule has 0 fully saturated rings. The van der Waals surface area contributed by atoms with E-state index in [1.807, 2.05) is 6.08 Å². The number of esters is 2. The zero-order valence-corrected chi connectivity index (χ0v) is 33.6. The first-order valence-electron chi connectivity index (χ1n) is 19.7. The van der Waals surface area contributed by atoms with E-state index in [1.165, 1.54) is 25.7 Å². The minimum atomic E-state index is -4.40. The van der Waals surface area contributed by atoms with Gasteiger partial charge in [-0.25, -0.2) is 4.57 Å². The molecule has 0 aromatic rings. The Morgan fingerprint density at radius 1 is 0.585 bits per heavy atom. The van der Waals surface area contributed by atoms with E-state index in [-0.39, 0.29) is 32.6 Å². The van der Waals surface area contributed by atoms with Gasteiger partial charge in [-0.05, 0) is 89.9 Å². The van der Waals surface area contributed by atoms with Crippen LogP contribution in [0.2, 0.25) is 0 Å². The summed E-state index contributed by atoms with van der Waals surface area (Å²) < 4.78 is 32.6. The fraction of sp³-hybridized carbons (Fsp3) is 0.581. The third-order valence-corrected chi connectivity index (χ3v) is 8.44. The molecule has 53 heavy (non-hydrogen) atoms. The van der Waals surface area contributed by atoms with E-state index in [0.29, 0.717) is 12.8 Å². The van der Waals surface area contributed by atoms with Gasteiger partial charge in [0.1, 0.15) is 6.61 Å². The number of rotatable bonds is 35. The minimum absolute atomic E-state index is 0.0336. The Labute approximate surface area is 321 Å². The van der Waals surface area contributed by atoms with Crippen molar-refractivity contribution < 1.29 is 37.6 Å². The van der Waals surface area contributed by atoms with Gasteiger partial charge < -0.3 is 20.1 Å². The molecule has 0 aliphatic rings. The fourth-order valence-corrected chi connectivity index (χ4v) is 5.32. The molecule has 9 nitrogen and oxygen atoms in total. The Morgan fingerprint density at radius 3 is 1.53 bits per heavy atom. The normalized spacial score (nSPS) is 14.4. The van der Waals surface area contributed by atoms with E-state index in [4.69, 9.17) is 24.3 Å². The van der Waals surface area contributed by atoms with E-state index in [1.54, 1.807) is 0 Å². The molecule has 2 atom stereocenters. The summed E-state index contributed by atoms with van der Waals surface area (Å²) in [5.74, 6) is -0.956. The molecule has 0 aromatic carbocycles. The third-order valence-electron chi connectivity index (χ3n) is 7.45. The quantitative estimate of drug-likeness (QED) is 0.0280. The van der Waals surface area contributed by atoms with E-state index < -0.39 is 32.5 Å². The molecule has 0 heterocycles. The monoisotopic (exact) mass is 759 g/mol. The summed E-state index contributed by atoms with van der Waals surface area (Å²) in [6.07, 6.45) is 48.8.